The van der Waals surface area contributed by atoms with E-state index < -0.39 is 10.0 Å². The zero-order valence-corrected chi connectivity index (χ0v) is 12.4. The zero-order valence-electron chi connectivity index (χ0n) is 11.6. The van der Waals surface area contributed by atoms with Crippen LogP contribution in [0.25, 0.3) is 0 Å². The van der Waals surface area contributed by atoms with Crippen LogP contribution in [0.2, 0.25) is 0 Å². The molecule has 0 N–H and O–H groups in total. The predicted molar refractivity (Wildman–Crippen MR) is 70.7 cm³/mol. The van der Waals surface area contributed by atoms with Gasteiger partial charge >= 0.3 is 0 Å². The van der Waals surface area contributed by atoms with Crippen molar-refractivity contribution in [3.63, 3.8) is 0 Å². The van der Waals surface area contributed by atoms with E-state index in [1.54, 1.807) is 0 Å². The van der Waals surface area contributed by atoms with Gasteiger partial charge in [-0.3, -0.25) is 4.79 Å². The molecule has 19 heavy (non-hydrogen) atoms. The Bertz CT molecular complexity index is 563. The molecule has 3 atom stereocenters. The third-order valence-electron chi connectivity index (χ3n) is 6.55. The van der Waals surface area contributed by atoms with E-state index in [9.17, 15) is 13.2 Å². The number of carbonyl (C=O) groups is 1. The molecule has 4 rings (SSSR count). The van der Waals surface area contributed by atoms with E-state index in [0.717, 1.165) is 32.1 Å². The Hall–Kier alpha value is -0.580. The summed E-state index contributed by atoms with van der Waals surface area (Å²) >= 11 is 0. The summed E-state index contributed by atoms with van der Waals surface area (Å²) < 4.78 is 26.4. The van der Waals surface area contributed by atoms with Gasteiger partial charge in [0, 0.05) is 11.3 Å². The van der Waals surface area contributed by atoms with E-state index in [-0.39, 0.29) is 34.4 Å². The molecule has 0 radical (unpaired) electrons. The quantitative estimate of drug-likeness (QED) is 0.737. The zero-order chi connectivity index (χ0) is 13.6. The minimum atomic E-state index is -3.38. The van der Waals surface area contributed by atoms with Gasteiger partial charge in [0.2, 0.25) is 15.9 Å². The van der Waals surface area contributed by atoms with E-state index in [4.69, 9.17) is 0 Å². The lowest BCUT2D eigenvalue weighted by atomic mass is 9.69. The molecular weight excluding hydrogens is 262 g/mol. The molecule has 0 aromatic carbocycles. The van der Waals surface area contributed by atoms with Gasteiger partial charge in [0.15, 0.2) is 0 Å². The maximum atomic E-state index is 12.5. The average Bonchev–Trinajstić information content (AvgIpc) is 3.03. The van der Waals surface area contributed by atoms with Crippen molar-refractivity contribution in [2.45, 2.75) is 52.0 Å². The van der Waals surface area contributed by atoms with Crippen molar-refractivity contribution in [1.29, 1.82) is 0 Å². The molecule has 0 aromatic heterocycles. The molecule has 3 aliphatic carbocycles. The van der Waals surface area contributed by atoms with Crippen molar-refractivity contribution >= 4 is 15.9 Å². The summed E-state index contributed by atoms with van der Waals surface area (Å²) in [5.41, 5.74) is -0.107. The highest BCUT2D eigenvalue weighted by Gasteiger charge is 2.72. The van der Waals surface area contributed by atoms with Crippen molar-refractivity contribution in [3.05, 3.63) is 0 Å². The van der Waals surface area contributed by atoms with Crippen LogP contribution >= 0.6 is 0 Å². The van der Waals surface area contributed by atoms with Crippen molar-refractivity contribution in [2.24, 2.45) is 22.7 Å². The lowest BCUT2D eigenvalue weighted by Gasteiger charge is -2.37. The smallest absolute Gasteiger partial charge is 0.239 e. The first-order valence-electron chi connectivity index (χ1n) is 7.35. The molecular formula is C14H21NO3S. The molecule has 1 heterocycles. The highest BCUT2D eigenvalue weighted by Crippen LogP contribution is 2.70. The van der Waals surface area contributed by atoms with Crippen LogP contribution in [0.15, 0.2) is 0 Å². The molecule has 1 aliphatic heterocycles. The van der Waals surface area contributed by atoms with Gasteiger partial charge in [-0.2, -0.15) is 0 Å². The van der Waals surface area contributed by atoms with Gasteiger partial charge in [0.05, 0.1) is 11.8 Å². The molecule has 0 aromatic rings. The maximum absolute atomic E-state index is 12.5. The monoisotopic (exact) mass is 283 g/mol. The molecule has 106 valence electrons. The molecule has 4 nitrogen and oxygen atoms in total. The van der Waals surface area contributed by atoms with Crippen LogP contribution in [0.1, 0.15) is 46.0 Å². The maximum Gasteiger partial charge on any atom is 0.239 e. The average molecular weight is 283 g/mol. The van der Waals surface area contributed by atoms with Crippen molar-refractivity contribution < 1.29 is 13.2 Å². The second-order valence-electron chi connectivity index (χ2n) is 7.53. The summed E-state index contributed by atoms with van der Waals surface area (Å²) in [6.45, 7) is 4.43. The molecule has 4 aliphatic rings. The molecule has 0 unspecified atom stereocenters. The minimum absolute atomic E-state index is 0.00726. The van der Waals surface area contributed by atoms with Crippen LogP contribution in [0.5, 0.6) is 0 Å². The molecule has 4 fully saturated rings. The number of rotatable bonds is 1. The van der Waals surface area contributed by atoms with Gasteiger partial charge in [0.1, 0.15) is 0 Å². The SMILES string of the molecule is CC1(C)[C@@H]2CC[C@]13CS(=O)(=O)N(C(=O)C1CC1)[C@@H]3C2. The summed E-state index contributed by atoms with van der Waals surface area (Å²) in [4.78, 5) is 12.4. The molecule has 3 saturated carbocycles. The van der Waals surface area contributed by atoms with Crippen LogP contribution < -0.4 is 0 Å². The number of sulfonamides is 1. The summed E-state index contributed by atoms with van der Waals surface area (Å²) in [6.07, 6.45) is 4.74. The first kappa shape index (κ1) is 12.2. The van der Waals surface area contributed by atoms with Crippen molar-refractivity contribution in [2.75, 3.05) is 5.75 Å². The lowest BCUT2D eigenvalue weighted by Crippen LogP contribution is -2.44. The molecule has 2 bridgehead atoms. The fourth-order valence-electron chi connectivity index (χ4n) is 5.09. The number of amides is 1. The highest BCUT2D eigenvalue weighted by molar-refractivity contribution is 7.90. The number of carbonyl (C=O) groups excluding carboxylic acids is 1. The fraction of sp³-hybridized carbons (Fsp3) is 0.929. The summed E-state index contributed by atoms with van der Waals surface area (Å²) in [7, 11) is -3.38. The van der Waals surface area contributed by atoms with Crippen LogP contribution in [0.3, 0.4) is 0 Å². The van der Waals surface area contributed by atoms with Gasteiger partial charge in [-0.05, 0) is 43.4 Å². The second-order valence-corrected chi connectivity index (χ2v) is 9.38. The number of nitrogens with zero attached hydrogens (tertiary/aromatic N) is 1. The van der Waals surface area contributed by atoms with Crippen LogP contribution in [0, 0.1) is 22.7 Å². The van der Waals surface area contributed by atoms with Crippen LogP contribution in [-0.2, 0) is 14.8 Å². The van der Waals surface area contributed by atoms with E-state index in [1.807, 2.05) is 0 Å². The first-order chi connectivity index (χ1) is 8.80. The number of fused-ring (bicyclic) bond motifs is 1. The third-order valence-corrected chi connectivity index (χ3v) is 8.47. The predicted octanol–water partition coefficient (Wildman–Crippen LogP) is 1.76. The molecule has 1 spiro atoms. The topological polar surface area (TPSA) is 54.5 Å². The number of hydrogen-bond acceptors (Lipinski definition) is 3. The Morgan fingerprint density at radius 1 is 1.21 bits per heavy atom. The Labute approximate surface area is 114 Å². The van der Waals surface area contributed by atoms with Gasteiger partial charge in [-0.25, -0.2) is 12.7 Å². The van der Waals surface area contributed by atoms with E-state index in [0.29, 0.717) is 5.92 Å². The standard InChI is InChI=1S/C14H21NO3S/c1-13(2)10-5-6-14(13)8-19(17,18)15(11(14)7-10)12(16)9-3-4-9/h9-11H,3-8H2,1-2H3/t10-,11-,14-/m1/s1. The van der Waals surface area contributed by atoms with Gasteiger partial charge < -0.3 is 0 Å². The summed E-state index contributed by atoms with van der Waals surface area (Å²) in [5.74, 6) is 0.673. The lowest BCUT2D eigenvalue weighted by molar-refractivity contribution is -0.130. The molecule has 1 amide bonds. The second kappa shape index (κ2) is 3.18. The van der Waals surface area contributed by atoms with Gasteiger partial charge in [0.25, 0.3) is 0 Å². The summed E-state index contributed by atoms with van der Waals surface area (Å²) in [5, 5.41) is 0. The first-order valence-corrected chi connectivity index (χ1v) is 8.96. The van der Waals surface area contributed by atoms with Crippen molar-refractivity contribution in [1.82, 2.24) is 4.31 Å². The Morgan fingerprint density at radius 3 is 2.47 bits per heavy atom. The number of hydrogen-bond donors (Lipinski definition) is 0. The van der Waals surface area contributed by atoms with Gasteiger partial charge in [-0.15, -0.1) is 0 Å². The van der Waals surface area contributed by atoms with Crippen molar-refractivity contribution in [3.8, 4) is 0 Å². The Balaban J connectivity index is 1.81. The minimum Gasteiger partial charge on any atom is -0.273 e. The van der Waals surface area contributed by atoms with Crippen LogP contribution in [-0.4, -0.2) is 30.4 Å². The molecule has 5 heteroatoms. The van der Waals surface area contributed by atoms with E-state index in [2.05, 4.69) is 13.8 Å². The highest BCUT2D eigenvalue weighted by atomic mass is 32.2. The Kier molecular flexibility index (Phi) is 2.04. The van der Waals surface area contributed by atoms with Crippen LogP contribution in [0.4, 0.5) is 0 Å². The van der Waals surface area contributed by atoms with Gasteiger partial charge in [-0.1, -0.05) is 13.8 Å². The van der Waals surface area contributed by atoms with E-state index in [1.165, 1.54) is 4.31 Å². The molecule has 1 saturated heterocycles. The fourth-order valence-corrected chi connectivity index (χ4v) is 7.69. The largest absolute Gasteiger partial charge is 0.273 e. The van der Waals surface area contributed by atoms with E-state index >= 15 is 0 Å². The third kappa shape index (κ3) is 1.26. The Morgan fingerprint density at radius 2 is 1.89 bits per heavy atom. The normalized spacial score (nSPS) is 45.5. The summed E-state index contributed by atoms with van der Waals surface area (Å²) in [6, 6.07) is -0.0423.